The van der Waals surface area contributed by atoms with Crippen LogP contribution in [-0.4, -0.2) is 27.8 Å². The molecule has 3 rings (SSSR count). The second-order valence-electron chi connectivity index (χ2n) is 5.56. The Morgan fingerprint density at radius 1 is 1.04 bits per heavy atom. The third-order valence-corrected chi connectivity index (χ3v) is 4.38. The summed E-state index contributed by atoms with van der Waals surface area (Å²) in [5, 5.41) is -1.04. The number of carbonyl (C=O) groups excluding carboxylic acids is 2. The van der Waals surface area contributed by atoms with Gasteiger partial charge in [-0.15, -0.1) is 11.6 Å². The van der Waals surface area contributed by atoms with E-state index in [1.54, 1.807) is 0 Å². The van der Waals surface area contributed by atoms with Gasteiger partial charge in [-0.05, 0) is 23.6 Å². The Balaban J connectivity index is 1.91. The highest BCUT2D eigenvalue weighted by atomic mass is 35.5. The number of aryl methyl sites for hydroxylation is 1. The highest BCUT2D eigenvalue weighted by Crippen LogP contribution is 2.25. The number of imide groups is 1. The maximum atomic E-state index is 12.6. The number of benzene rings is 2. The second kappa shape index (κ2) is 6.97. The van der Waals surface area contributed by atoms with Gasteiger partial charge in [0.2, 0.25) is 0 Å². The highest BCUT2D eigenvalue weighted by Gasteiger charge is 2.43. The van der Waals surface area contributed by atoms with Crippen molar-refractivity contribution in [1.82, 2.24) is 4.90 Å². The SMILES string of the molecule is CCc1ccccc1N=C1C(=O)N(Cc2ccccc2)C(=O)C1Cl. The van der Waals surface area contributed by atoms with Gasteiger partial charge in [-0.1, -0.05) is 55.5 Å². The van der Waals surface area contributed by atoms with Crippen molar-refractivity contribution in [3.8, 4) is 0 Å². The van der Waals surface area contributed by atoms with Crippen molar-refractivity contribution < 1.29 is 9.59 Å². The summed E-state index contributed by atoms with van der Waals surface area (Å²) in [6.45, 7) is 2.22. The Kier molecular flexibility index (Phi) is 4.76. The lowest BCUT2D eigenvalue weighted by Gasteiger charge is -2.13. The van der Waals surface area contributed by atoms with Gasteiger partial charge in [0.05, 0.1) is 12.2 Å². The molecule has 24 heavy (non-hydrogen) atoms. The van der Waals surface area contributed by atoms with E-state index in [9.17, 15) is 9.59 Å². The van der Waals surface area contributed by atoms with Crippen LogP contribution in [0.25, 0.3) is 0 Å². The molecule has 1 aliphatic rings. The third kappa shape index (κ3) is 3.10. The molecule has 2 aromatic carbocycles. The Bertz CT molecular complexity index is 802. The molecule has 0 saturated carbocycles. The summed E-state index contributed by atoms with van der Waals surface area (Å²) in [4.78, 5) is 30.6. The van der Waals surface area contributed by atoms with Gasteiger partial charge >= 0.3 is 0 Å². The van der Waals surface area contributed by atoms with Crippen molar-refractivity contribution >= 4 is 34.8 Å². The van der Waals surface area contributed by atoms with Crippen molar-refractivity contribution in [2.75, 3.05) is 0 Å². The van der Waals surface area contributed by atoms with Crippen molar-refractivity contribution in [2.45, 2.75) is 25.3 Å². The molecule has 1 saturated heterocycles. The number of hydrogen-bond donors (Lipinski definition) is 0. The first-order chi connectivity index (χ1) is 11.6. The number of rotatable bonds is 4. The van der Waals surface area contributed by atoms with Gasteiger partial charge in [-0.2, -0.15) is 0 Å². The Labute approximate surface area is 145 Å². The van der Waals surface area contributed by atoms with Gasteiger partial charge in [0.15, 0.2) is 5.38 Å². The molecule has 0 aliphatic carbocycles. The third-order valence-electron chi connectivity index (χ3n) is 3.98. The lowest BCUT2D eigenvalue weighted by Crippen LogP contribution is -2.30. The Morgan fingerprint density at radius 2 is 1.71 bits per heavy atom. The predicted octanol–water partition coefficient (Wildman–Crippen LogP) is 3.50. The predicted molar refractivity (Wildman–Crippen MR) is 94.6 cm³/mol. The molecule has 2 aromatic rings. The van der Waals surface area contributed by atoms with Crippen LogP contribution in [0.4, 0.5) is 5.69 Å². The minimum absolute atomic E-state index is 0.0958. The maximum absolute atomic E-state index is 12.6. The van der Waals surface area contributed by atoms with Gasteiger partial charge in [-0.3, -0.25) is 14.5 Å². The average molecular weight is 341 g/mol. The van der Waals surface area contributed by atoms with E-state index in [0.717, 1.165) is 17.5 Å². The number of likely N-dealkylation sites (tertiary alicyclic amines) is 1. The van der Waals surface area contributed by atoms with Crippen LogP contribution >= 0.6 is 11.6 Å². The van der Waals surface area contributed by atoms with Gasteiger partial charge in [0.25, 0.3) is 11.8 Å². The quantitative estimate of drug-likeness (QED) is 0.632. The van der Waals surface area contributed by atoms with Gasteiger partial charge < -0.3 is 0 Å². The number of halogens is 1. The van der Waals surface area contributed by atoms with Crippen LogP contribution in [0.5, 0.6) is 0 Å². The summed E-state index contributed by atoms with van der Waals surface area (Å²) >= 11 is 6.19. The van der Waals surface area contributed by atoms with E-state index >= 15 is 0 Å². The molecule has 0 bridgehead atoms. The normalized spacial score (nSPS) is 19.3. The molecular weight excluding hydrogens is 324 g/mol. The monoisotopic (exact) mass is 340 g/mol. The molecule has 1 aliphatic heterocycles. The summed E-state index contributed by atoms with van der Waals surface area (Å²) in [5.74, 6) is -0.840. The fourth-order valence-corrected chi connectivity index (χ4v) is 2.93. The first kappa shape index (κ1) is 16.4. The number of aliphatic imine (C=N–C) groups is 1. The lowest BCUT2D eigenvalue weighted by molar-refractivity contribution is -0.137. The molecule has 4 nitrogen and oxygen atoms in total. The standard InChI is InChI=1S/C19H17ClN2O2/c1-2-14-10-6-7-11-15(14)21-17-16(20)18(23)22(19(17)24)12-13-8-4-3-5-9-13/h3-11,16H,2,12H2,1H3. The summed E-state index contributed by atoms with van der Waals surface area (Å²) in [5.41, 5.74) is 2.66. The van der Waals surface area contributed by atoms with Crippen LogP contribution in [0.2, 0.25) is 0 Å². The Hall–Kier alpha value is -2.46. The molecule has 1 heterocycles. The van der Waals surface area contributed by atoms with Crippen molar-refractivity contribution in [2.24, 2.45) is 4.99 Å². The van der Waals surface area contributed by atoms with E-state index in [1.165, 1.54) is 4.90 Å². The molecule has 1 unspecified atom stereocenters. The summed E-state index contributed by atoms with van der Waals surface area (Å²) in [6.07, 6.45) is 0.787. The zero-order valence-electron chi connectivity index (χ0n) is 13.3. The molecule has 1 fully saturated rings. The first-order valence-corrected chi connectivity index (χ1v) is 8.25. The lowest BCUT2D eigenvalue weighted by atomic mass is 10.1. The minimum atomic E-state index is -1.04. The van der Waals surface area contributed by atoms with E-state index in [1.807, 2.05) is 61.5 Å². The molecule has 0 radical (unpaired) electrons. The van der Waals surface area contributed by atoms with Crippen molar-refractivity contribution in [1.29, 1.82) is 0 Å². The van der Waals surface area contributed by atoms with Crippen LogP contribution in [0.3, 0.4) is 0 Å². The van der Waals surface area contributed by atoms with Crippen LogP contribution in [0, 0.1) is 0 Å². The van der Waals surface area contributed by atoms with E-state index in [0.29, 0.717) is 5.69 Å². The van der Waals surface area contributed by atoms with E-state index in [-0.39, 0.29) is 12.3 Å². The molecule has 0 spiro atoms. The average Bonchev–Trinajstić information content (AvgIpc) is 2.81. The number of carbonyl (C=O) groups is 2. The first-order valence-electron chi connectivity index (χ1n) is 7.82. The van der Waals surface area contributed by atoms with Gasteiger partial charge in [0.1, 0.15) is 5.71 Å². The van der Waals surface area contributed by atoms with Crippen LogP contribution in [0.15, 0.2) is 59.6 Å². The molecule has 122 valence electrons. The number of amides is 2. The number of alkyl halides is 1. The largest absolute Gasteiger partial charge is 0.277 e. The smallest absolute Gasteiger partial charge is 0.272 e. The molecule has 0 N–H and O–H groups in total. The molecular formula is C19H17ClN2O2. The number of hydrogen-bond acceptors (Lipinski definition) is 3. The Morgan fingerprint density at radius 3 is 2.42 bits per heavy atom. The molecule has 1 atom stereocenters. The fraction of sp³-hybridized carbons (Fsp3) is 0.211. The summed E-state index contributed by atoms with van der Waals surface area (Å²) < 4.78 is 0. The van der Waals surface area contributed by atoms with E-state index < -0.39 is 17.2 Å². The molecule has 0 aromatic heterocycles. The highest BCUT2D eigenvalue weighted by molar-refractivity contribution is 6.63. The number of para-hydroxylation sites is 1. The van der Waals surface area contributed by atoms with Crippen LogP contribution < -0.4 is 0 Å². The van der Waals surface area contributed by atoms with Gasteiger partial charge in [0, 0.05) is 0 Å². The zero-order chi connectivity index (χ0) is 17.1. The maximum Gasteiger partial charge on any atom is 0.277 e. The van der Waals surface area contributed by atoms with Crippen molar-refractivity contribution in [3.05, 3.63) is 65.7 Å². The van der Waals surface area contributed by atoms with Crippen LogP contribution in [-0.2, 0) is 22.6 Å². The topological polar surface area (TPSA) is 49.7 Å². The fourth-order valence-electron chi connectivity index (χ4n) is 2.67. The number of nitrogens with zero attached hydrogens (tertiary/aromatic N) is 2. The van der Waals surface area contributed by atoms with E-state index in [2.05, 4.69) is 4.99 Å². The zero-order valence-corrected chi connectivity index (χ0v) is 14.0. The summed E-state index contributed by atoms with van der Waals surface area (Å²) in [7, 11) is 0. The molecule has 5 heteroatoms. The van der Waals surface area contributed by atoms with E-state index in [4.69, 9.17) is 11.6 Å². The minimum Gasteiger partial charge on any atom is -0.272 e. The summed E-state index contributed by atoms with van der Waals surface area (Å²) in [6, 6.07) is 16.9. The van der Waals surface area contributed by atoms with Crippen molar-refractivity contribution in [3.63, 3.8) is 0 Å². The van der Waals surface area contributed by atoms with Gasteiger partial charge in [-0.25, -0.2) is 4.99 Å². The van der Waals surface area contributed by atoms with Crippen LogP contribution in [0.1, 0.15) is 18.1 Å². The molecule has 2 amide bonds. The second-order valence-corrected chi connectivity index (χ2v) is 5.99.